The Morgan fingerprint density at radius 3 is 2.92 bits per heavy atom. The van der Waals surface area contributed by atoms with Crippen LogP contribution in [0.3, 0.4) is 0 Å². The van der Waals surface area contributed by atoms with Crippen LogP contribution in [0, 0.1) is 0 Å². The van der Waals surface area contributed by atoms with Gasteiger partial charge in [0, 0.05) is 41.3 Å². The molecule has 0 aliphatic rings. The maximum Gasteiger partial charge on any atom is 0.247 e. The topological polar surface area (TPSA) is 95.7 Å². The van der Waals surface area contributed by atoms with Gasteiger partial charge in [-0.2, -0.15) is 0 Å². The van der Waals surface area contributed by atoms with Gasteiger partial charge in [-0.05, 0) is 24.3 Å². The number of amides is 1. The number of imidazole rings is 1. The fourth-order valence-corrected chi connectivity index (χ4v) is 2.62. The molecule has 0 unspecified atom stereocenters. The van der Waals surface area contributed by atoms with Gasteiger partial charge in [-0.3, -0.25) is 4.79 Å². The monoisotopic (exact) mass is 345 g/mol. The lowest BCUT2D eigenvalue weighted by Crippen LogP contribution is -2.06. The summed E-state index contributed by atoms with van der Waals surface area (Å²) in [4.78, 5) is 26.3. The lowest BCUT2D eigenvalue weighted by atomic mass is 10.2. The number of hydrogen-bond acceptors (Lipinski definition) is 4. The molecule has 0 bridgehead atoms. The van der Waals surface area contributed by atoms with Gasteiger partial charge >= 0.3 is 0 Å². The zero-order valence-corrected chi connectivity index (χ0v) is 13.7. The quantitative estimate of drug-likeness (QED) is 0.478. The first-order chi connectivity index (χ1) is 12.7. The first kappa shape index (κ1) is 15.6. The molecule has 7 heteroatoms. The Labute approximate surface area is 148 Å². The summed E-state index contributed by atoms with van der Waals surface area (Å²) < 4.78 is 5.90. The number of hydrogen-bond donors (Lipinski definition) is 3. The minimum atomic E-state index is -0.277. The Morgan fingerprint density at radius 2 is 2.12 bits per heavy atom. The van der Waals surface area contributed by atoms with E-state index in [1.54, 1.807) is 42.9 Å². The first-order valence-electron chi connectivity index (χ1n) is 7.91. The van der Waals surface area contributed by atoms with E-state index in [0.29, 0.717) is 17.2 Å². The molecule has 26 heavy (non-hydrogen) atoms. The number of nitrogens with zero attached hydrogens (tertiary/aromatic N) is 2. The second-order valence-corrected chi connectivity index (χ2v) is 5.53. The number of aromatic nitrogens is 4. The smallest absolute Gasteiger partial charge is 0.247 e. The molecule has 0 saturated carbocycles. The molecular formula is C19H15N5O2. The Hall–Kier alpha value is -3.87. The summed E-state index contributed by atoms with van der Waals surface area (Å²) in [7, 11) is 0. The van der Waals surface area contributed by atoms with Crippen LogP contribution in [0.1, 0.15) is 0 Å². The summed E-state index contributed by atoms with van der Waals surface area (Å²) >= 11 is 0. The lowest BCUT2D eigenvalue weighted by molar-refractivity contribution is -0.111. The van der Waals surface area contributed by atoms with Crippen LogP contribution < -0.4 is 10.1 Å². The molecule has 0 radical (unpaired) electrons. The number of rotatable bonds is 5. The summed E-state index contributed by atoms with van der Waals surface area (Å²) in [5.74, 6) is 1.64. The second kappa shape index (κ2) is 6.56. The lowest BCUT2D eigenvalue weighted by Gasteiger charge is -2.08. The van der Waals surface area contributed by atoms with Gasteiger partial charge in [-0.1, -0.05) is 12.6 Å². The molecule has 1 aromatic carbocycles. The van der Waals surface area contributed by atoms with Crippen LogP contribution in [-0.4, -0.2) is 25.8 Å². The van der Waals surface area contributed by atoms with Crippen LogP contribution >= 0.6 is 0 Å². The molecule has 0 atom stereocenters. The van der Waals surface area contributed by atoms with E-state index >= 15 is 0 Å². The Kier molecular flexibility index (Phi) is 3.95. The highest BCUT2D eigenvalue weighted by molar-refractivity contribution is 5.99. The van der Waals surface area contributed by atoms with Crippen LogP contribution in [0.5, 0.6) is 11.5 Å². The molecule has 3 heterocycles. The van der Waals surface area contributed by atoms with E-state index in [9.17, 15) is 4.79 Å². The van der Waals surface area contributed by atoms with Crippen molar-refractivity contribution in [3.05, 3.63) is 67.8 Å². The van der Waals surface area contributed by atoms with Crippen LogP contribution in [0.25, 0.3) is 22.4 Å². The van der Waals surface area contributed by atoms with Gasteiger partial charge in [0.05, 0.1) is 6.20 Å². The van der Waals surface area contributed by atoms with Crippen molar-refractivity contribution >= 4 is 22.6 Å². The van der Waals surface area contributed by atoms with E-state index in [1.165, 1.54) is 6.08 Å². The number of anilines is 1. The molecule has 0 fully saturated rings. The van der Waals surface area contributed by atoms with Crippen molar-refractivity contribution in [3.63, 3.8) is 0 Å². The van der Waals surface area contributed by atoms with Gasteiger partial charge in [0.25, 0.3) is 0 Å². The van der Waals surface area contributed by atoms with E-state index < -0.39 is 0 Å². The van der Waals surface area contributed by atoms with Crippen LogP contribution in [0.15, 0.2) is 67.8 Å². The summed E-state index contributed by atoms with van der Waals surface area (Å²) in [6.45, 7) is 3.44. The fraction of sp³-hybridized carbons (Fsp3) is 0. The minimum Gasteiger partial charge on any atom is -0.456 e. The molecule has 4 rings (SSSR count). The molecule has 1 amide bonds. The van der Waals surface area contributed by atoms with Gasteiger partial charge in [0.1, 0.15) is 23.0 Å². The van der Waals surface area contributed by atoms with Gasteiger partial charge in [-0.15, -0.1) is 0 Å². The van der Waals surface area contributed by atoms with Crippen molar-refractivity contribution in [2.24, 2.45) is 0 Å². The summed E-state index contributed by atoms with van der Waals surface area (Å²) in [6.07, 6.45) is 8.18. The number of nitrogens with one attached hydrogen (secondary N) is 3. The maximum atomic E-state index is 11.4. The standard InChI is InChI=1S/C19H15N5O2/c1-2-17(25)24-12-4-3-5-13(8-12)26-14-9-15-16(19-20-6-7-21-19)11-23-18(15)22-10-14/h2-11H,1H2,(H,20,21)(H,22,23)(H,24,25). The molecule has 3 N–H and O–H groups in total. The third kappa shape index (κ3) is 3.05. The van der Waals surface area contributed by atoms with Crippen molar-refractivity contribution in [2.75, 3.05) is 5.32 Å². The number of H-pyrrole nitrogens is 2. The zero-order chi connectivity index (χ0) is 17.9. The van der Waals surface area contributed by atoms with Crippen molar-refractivity contribution in [3.8, 4) is 22.9 Å². The molecule has 0 saturated heterocycles. The zero-order valence-electron chi connectivity index (χ0n) is 13.7. The highest BCUT2D eigenvalue weighted by Crippen LogP contribution is 2.30. The van der Waals surface area contributed by atoms with Crippen molar-refractivity contribution in [1.29, 1.82) is 0 Å². The number of benzene rings is 1. The SMILES string of the molecule is C=CC(=O)Nc1cccc(Oc2cnc3[nH]cc(-c4ncc[nH]4)c3c2)c1. The average molecular weight is 345 g/mol. The summed E-state index contributed by atoms with van der Waals surface area (Å²) in [6, 6.07) is 9.00. The largest absolute Gasteiger partial charge is 0.456 e. The molecule has 7 nitrogen and oxygen atoms in total. The molecule has 128 valence electrons. The Balaban J connectivity index is 1.63. The van der Waals surface area contributed by atoms with Crippen molar-refractivity contribution in [2.45, 2.75) is 0 Å². The van der Waals surface area contributed by atoms with E-state index in [2.05, 4.69) is 31.8 Å². The summed E-state index contributed by atoms with van der Waals surface area (Å²) in [5, 5.41) is 3.60. The van der Waals surface area contributed by atoms with Crippen molar-refractivity contribution in [1.82, 2.24) is 19.9 Å². The summed E-state index contributed by atoms with van der Waals surface area (Å²) in [5.41, 5.74) is 2.28. The second-order valence-electron chi connectivity index (χ2n) is 5.53. The molecule has 0 aliphatic carbocycles. The Morgan fingerprint density at radius 1 is 1.19 bits per heavy atom. The molecular weight excluding hydrogens is 330 g/mol. The molecule has 4 aromatic rings. The predicted octanol–water partition coefficient (Wildman–Crippen LogP) is 3.87. The highest BCUT2D eigenvalue weighted by Gasteiger charge is 2.11. The van der Waals surface area contributed by atoms with Gasteiger partial charge in [-0.25, -0.2) is 9.97 Å². The predicted molar refractivity (Wildman–Crippen MR) is 99.0 cm³/mol. The Bertz CT molecular complexity index is 1080. The number of carbonyl (C=O) groups is 1. The van der Waals surface area contributed by atoms with Crippen LogP contribution in [-0.2, 0) is 4.79 Å². The number of carbonyl (C=O) groups excluding carboxylic acids is 1. The van der Waals surface area contributed by atoms with Gasteiger partial charge in [0.15, 0.2) is 0 Å². The molecule has 3 aromatic heterocycles. The molecule has 0 spiro atoms. The number of ether oxygens (including phenoxy) is 1. The number of fused-ring (bicyclic) bond motifs is 1. The van der Waals surface area contributed by atoms with E-state index in [1.807, 2.05) is 12.3 Å². The fourth-order valence-electron chi connectivity index (χ4n) is 2.62. The number of aromatic amines is 2. The third-order valence-electron chi connectivity index (χ3n) is 3.78. The molecule has 0 aliphatic heterocycles. The van der Waals surface area contributed by atoms with Crippen LogP contribution in [0.2, 0.25) is 0 Å². The third-order valence-corrected chi connectivity index (χ3v) is 3.78. The normalized spacial score (nSPS) is 10.6. The minimum absolute atomic E-state index is 0.277. The van der Waals surface area contributed by atoms with E-state index in [4.69, 9.17) is 4.74 Å². The van der Waals surface area contributed by atoms with Crippen molar-refractivity contribution < 1.29 is 9.53 Å². The van der Waals surface area contributed by atoms with Gasteiger partial charge in [0.2, 0.25) is 5.91 Å². The van der Waals surface area contributed by atoms with Crippen LogP contribution in [0.4, 0.5) is 5.69 Å². The number of pyridine rings is 1. The van der Waals surface area contributed by atoms with E-state index in [0.717, 1.165) is 22.4 Å². The van der Waals surface area contributed by atoms with Gasteiger partial charge < -0.3 is 20.0 Å². The average Bonchev–Trinajstić information content (AvgIpc) is 3.31. The first-order valence-corrected chi connectivity index (χ1v) is 7.91. The highest BCUT2D eigenvalue weighted by atomic mass is 16.5. The maximum absolute atomic E-state index is 11.4. The van der Waals surface area contributed by atoms with E-state index in [-0.39, 0.29) is 5.91 Å².